The molecule has 0 bridgehead atoms. The van der Waals surface area contributed by atoms with Crippen molar-refractivity contribution in [1.82, 2.24) is 10.6 Å². The van der Waals surface area contributed by atoms with Crippen LogP contribution in [0.25, 0.3) is 0 Å². The predicted octanol–water partition coefficient (Wildman–Crippen LogP) is 3.02. The molecule has 0 saturated carbocycles. The molecule has 0 aromatic heterocycles. The Bertz CT molecular complexity index is 765. The Kier molecular flexibility index (Phi) is 6.41. The van der Waals surface area contributed by atoms with Gasteiger partial charge in [0.1, 0.15) is 17.5 Å². The first-order valence-electron chi connectivity index (χ1n) is 7.75. The van der Waals surface area contributed by atoms with Gasteiger partial charge in [-0.3, -0.25) is 4.99 Å². The highest BCUT2D eigenvalue weighted by Crippen LogP contribution is 2.17. The highest BCUT2D eigenvalue weighted by atomic mass is 19.1. The van der Waals surface area contributed by atoms with Crippen LogP contribution in [0.5, 0.6) is 0 Å². The maximum absolute atomic E-state index is 13.8. The molecule has 2 aromatic carbocycles. The molecule has 2 aromatic rings. The molecule has 0 fully saturated rings. The van der Waals surface area contributed by atoms with Crippen LogP contribution in [0.4, 0.5) is 13.2 Å². The fourth-order valence-corrected chi connectivity index (χ4v) is 2.38. The van der Waals surface area contributed by atoms with Crippen molar-refractivity contribution in [3.63, 3.8) is 0 Å². The highest BCUT2D eigenvalue weighted by molar-refractivity contribution is 5.80. The summed E-state index contributed by atoms with van der Waals surface area (Å²) in [6.07, 6.45) is 0. The minimum absolute atomic E-state index is 0.212. The van der Waals surface area contributed by atoms with Crippen LogP contribution in [0.2, 0.25) is 0 Å². The third-order valence-electron chi connectivity index (χ3n) is 3.75. The van der Waals surface area contributed by atoms with Gasteiger partial charge < -0.3 is 15.7 Å². The number of hydrogen-bond donors (Lipinski definition) is 3. The summed E-state index contributed by atoms with van der Waals surface area (Å²) in [5.74, 6) is -1.33. The van der Waals surface area contributed by atoms with Crippen molar-refractivity contribution in [3.8, 4) is 0 Å². The van der Waals surface area contributed by atoms with Crippen LogP contribution in [-0.4, -0.2) is 18.1 Å². The van der Waals surface area contributed by atoms with Crippen molar-refractivity contribution in [1.29, 1.82) is 0 Å². The molecule has 1 atom stereocenters. The zero-order chi connectivity index (χ0) is 18.4. The highest BCUT2D eigenvalue weighted by Gasteiger charge is 2.13. The zero-order valence-electron chi connectivity index (χ0n) is 14.0. The quantitative estimate of drug-likeness (QED) is 0.573. The minimum atomic E-state index is -0.637. The van der Waals surface area contributed by atoms with Gasteiger partial charge in [-0.1, -0.05) is 12.1 Å². The van der Waals surface area contributed by atoms with Crippen LogP contribution in [-0.2, 0) is 13.2 Å². The monoisotopic (exact) mass is 351 g/mol. The van der Waals surface area contributed by atoms with Crippen molar-refractivity contribution >= 4 is 5.96 Å². The van der Waals surface area contributed by atoms with Gasteiger partial charge in [-0.25, -0.2) is 13.2 Å². The van der Waals surface area contributed by atoms with E-state index in [1.54, 1.807) is 26.1 Å². The SMILES string of the molecule is CN=C(NCc1ccc(F)c(CO)c1)NC(C)c1ccc(F)cc1F. The average molecular weight is 351 g/mol. The molecule has 134 valence electrons. The third-order valence-corrected chi connectivity index (χ3v) is 3.75. The number of aliphatic hydroxyl groups excluding tert-OH is 1. The maximum Gasteiger partial charge on any atom is 0.191 e. The Morgan fingerprint density at radius 1 is 1.12 bits per heavy atom. The lowest BCUT2D eigenvalue weighted by molar-refractivity contribution is 0.275. The van der Waals surface area contributed by atoms with E-state index in [4.69, 9.17) is 5.11 Å². The van der Waals surface area contributed by atoms with Gasteiger partial charge in [0.15, 0.2) is 5.96 Å². The van der Waals surface area contributed by atoms with Gasteiger partial charge in [-0.2, -0.15) is 0 Å². The second-order valence-corrected chi connectivity index (χ2v) is 5.54. The number of aliphatic imine (C=N–C) groups is 1. The van der Waals surface area contributed by atoms with Crippen LogP contribution >= 0.6 is 0 Å². The van der Waals surface area contributed by atoms with E-state index in [1.807, 2.05) is 0 Å². The summed E-state index contributed by atoms with van der Waals surface area (Å²) in [4.78, 5) is 4.05. The number of nitrogens with one attached hydrogen (secondary N) is 2. The number of nitrogens with zero attached hydrogens (tertiary/aromatic N) is 1. The van der Waals surface area contributed by atoms with E-state index < -0.39 is 23.5 Å². The number of halogens is 3. The Labute approximate surface area is 144 Å². The molecular weight excluding hydrogens is 331 g/mol. The van der Waals surface area contributed by atoms with Crippen molar-refractivity contribution in [2.75, 3.05) is 7.05 Å². The number of guanidine groups is 1. The molecule has 0 spiro atoms. The van der Waals surface area contributed by atoms with E-state index in [2.05, 4.69) is 15.6 Å². The van der Waals surface area contributed by atoms with E-state index in [0.717, 1.165) is 11.6 Å². The molecular formula is C18H20F3N3O. The molecule has 7 heteroatoms. The molecule has 0 radical (unpaired) electrons. The standard InChI is InChI=1S/C18H20F3N3O/c1-11(15-5-4-14(19)8-17(15)21)24-18(22-2)23-9-12-3-6-16(20)13(7-12)10-25/h3-8,11,25H,9-10H2,1-2H3,(H2,22,23,24). The largest absolute Gasteiger partial charge is 0.392 e. The third kappa shape index (κ3) is 4.96. The Hall–Kier alpha value is -2.54. The summed E-state index contributed by atoms with van der Waals surface area (Å²) >= 11 is 0. The molecule has 4 nitrogen and oxygen atoms in total. The van der Waals surface area contributed by atoms with Crippen LogP contribution < -0.4 is 10.6 Å². The van der Waals surface area contributed by atoms with E-state index in [9.17, 15) is 13.2 Å². The van der Waals surface area contributed by atoms with Crippen LogP contribution in [0.15, 0.2) is 41.4 Å². The lowest BCUT2D eigenvalue weighted by Gasteiger charge is -2.19. The predicted molar refractivity (Wildman–Crippen MR) is 90.4 cm³/mol. The molecule has 1 unspecified atom stereocenters. The van der Waals surface area contributed by atoms with Crippen LogP contribution in [0, 0.1) is 17.5 Å². The molecule has 0 saturated heterocycles. The topological polar surface area (TPSA) is 56.7 Å². The molecule has 0 aliphatic carbocycles. The molecule has 25 heavy (non-hydrogen) atoms. The van der Waals surface area contributed by atoms with Crippen molar-refractivity contribution < 1.29 is 18.3 Å². The Morgan fingerprint density at radius 2 is 1.88 bits per heavy atom. The maximum atomic E-state index is 13.8. The van der Waals surface area contributed by atoms with Crippen LogP contribution in [0.3, 0.4) is 0 Å². The molecule has 0 heterocycles. The second-order valence-electron chi connectivity index (χ2n) is 5.54. The first-order chi connectivity index (χ1) is 11.9. The molecule has 0 aliphatic heterocycles. The molecule has 2 rings (SSSR count). The van der Waals surface area contributed by atoms with E-state index in [1.165, 1.54) is 18.2 Å². The van der Waals surface area contributed by atoms with Crippen molar-refractivity contribution in [3.05, 3.63) is 70.5 Å². The first kappa shape index (κ1) is 18.8. The van der Waals surface area contributed by atoms with Gasteiger partial charge in [-0.05, 0) is 30.7 Å². The Morgan fingerprint density at radius 3 is 2.52 bits per heavy atom. The normalized spacial score (nSPS) is 12.8. The van der Waals surface area contributed by atoms with Crippen LogP contribution in [0.1, 0.15) is 29.7 Å². The van der Waals surface area contributed by atoms with E-state index in [-0.39, 0.29) is 12.2 Å². The van der Waals surface area contributed by atoms with Crippen molar-refractivity contribution in [2.45, 2.75) is 26.1 Å². The smallest absolute Gasteiger partial charge is 0.191 e. The molecule has 0 amide bonds. The van der Waals surface area contributed by atoms with Gasteiger partial charge in [-0.15, -0.1) is 0 Å². The lowest BCUT2D eigenvalue weighted by atomic mass is 10.1. The fraction of sp³-hybridized carbons (Fsp3) is 0.278. The second kappa shape index (κ2) is 8.53. The summed E-state index contributed by atoms with van der Waals surface area (Å²) in [5, 5.41) is 15.1. The van der Waals surface area contributed by atoms with Crippen molar-refractivity contribution in [2.24, 2.45) is 4.99 Å². The minimum Gasteiger partial charge on any atom is -0.392 e. The number of hydrogen-bond acceptors (Lipinski definition) is 2. The zero-order valence-corrected chi connectivity index (χ0v) is 14.0. The van der Waals surface area contributed by atoms with Gasteiger partial charge in [0, 0.05) is 30.8 Å². The number of rotatable bonds is 5. The summed E-state index contributed by atoms with van der Waals surface area (Å²) in [6.45, 7) is 1.68. The van der Waals surface area contributed by atoms with Gasteiger partial charge in [0.25, 0.3) is 0 Å². The molecule has 3 N–H and O–H groups in total. The summed E-state index contributed by atoms with van der Waals surface area (Å²) in [6, 6.07) is 7.41. The average Bonchev–Trinajstić information content (AvgIpc) is 2.59. The summed E-state index contributed by atoms with van der Waals surface area (Å²) < 4.78 is 40.2. The fourth-order valence-electron chi connectivity index (χ4n) is 2.38. The number of benzene rings is 2. The van der Waals surface area contributed by atoms with Gasteiger partial charge >= 0.3 is 0 Å². The first-order valence-corrected chi connectivity index (χ1v) is 7.75. The van der Waals surface area contributed by atoms with Gasteiger partial charge in [0.2, 0.25) is 0 Å². The Balaban J connectivity index is 2.01. The van der Waals surface area contributed by atoms with E-state index >= 15 is 0 Å². The van der Waals surface area contributed by atoms with E-state index in [0.29, 0.717) is 18.1 Å². The summed E-state index contributed by atoms with van der Waals surface area (Å²) in [7, 11) is 1.56. The number of aliphatic hydroxyl groups is 1. The molecule has 0 aliphatic rings. The summed E-state index contributed by atoms with van der Waals surface area (Å²) in [5.41, 5.74) is 1.28. The van der Waals surface area contributed by atoms with Gasteiger partial charge in [0.05, 0.1) is 12.6 Å². The lowest BCUT2D eigenvalue weighted by Crippen LogP contribution is -2.38.